The highest BCUT2D eigenvalue weighted by molar-refractivity contribution is 7.89. The van der Waals surface area contributed by atoms with Crippen molar-refractivity contribution < 1.29 is 27.1 Å². The minimum absolute atomic E-state index is 0.185. The van der Waals surface area contributed by atoms with Gasteiger partial charge in [0.2, 0.25) is 10.0 Å². The Hall–Kier alpha value is -1.54. The molecule has 5 nitrogen and oxygen atoms in total. The molecule has 0 spiro atoms. The summed E-state index contributed by atoms with van der Waals surface area (Å²) < 4.78 is 48.7. The highest BCUT2D eigenvalue weighted by Gasteiger charge is 2.18. The van der Waals surface area contributed by atoms with Gasteiger partial charge in [-0.15, -0.1) is 0 Å². The van der Waals surface area contributed by atoms with Gasteiger partial charge < -0.3 is 5.11 Å². The van der Waals surface area contributed by atoms with Gasteiger partial charge in [-0.05, 0) is 24.6 Å². The van der Waals surface area contributed by atoms with Crippen LogP contribution < -0.4 is 4.72 Å². The van der Waals surface area contributed by atoms with Crippen LogP contribution in [0.1, 0.15) is 15.9 Å². The first-order chi connectivity index (χ1) is 8.24. The third-order valence-corrected chi connectivity index (χ3v) is 3.60. The number of carboxylic acids is 1. The van der Waals surface area contributed by atoms with Crippen molar-refractivity contribution in [1.82, 2.24) is 4.72 Å². The molecule has 0 aliphatic rings. The van der Waals surface area contributed by atoms with E-state index in [-0.39, 0.29) is 10.5 Å². The van der Waals surface area contributed by atoms with Crippen molar-refractivity contribution in [1.29, 1.82) is 0 Å². The maximum Gasteiger partial charge on any atom is 0.335 e. The normalized spacial score (nSPS) is 11.8. The number of halogens is 2. The number of nitrogens with one attached hydrogen (secondary N) is 1. The summed E-state index contributed by atoms with van der Waals surface area (Å²) in [5.41, 5.74) is 0.199. The van der Waals surface area contributed by atoms with Crippen molar-refractivity contribution in [3.8, 4) is 0 Å². The van der Waals surface area contributed by atoms with Gasteiger partial charge >= 0.3 is 5.97 Å². The Bertz CT molecular complexity index is 557. The van der Waals surface area contributed by atoms with Crippen LogP contribution in [0.4, 0.5) is 8.78 Å². The zero-order valence-electron chi connectivity index (χ0n) is 9.35. The summed E-state index contributed by atoms with van der Waals surface area (Å²) >= 11 is 0. The zero-order valence-corrected chi connectivity index (χ0v) is 10.2. The molecule has 0 atom stereocenters. The van der Waals surface area contributed by atoms with Crippen molar-refractivity contribution in [3.63, 3.8) is 0 Å². The van der Waals surface area contributed by atoms with Crippen LogP contribution in [0.3, 0.4) is 0 Å². The molecule has 0 saturated heterocycles. The van der Waals surface area contributed by atoms with E-state index in [1.165, 1.54) is 13.0 Å². The second kappa shape index (κ2) is 5.40. The number of carboxylic acid groups (broad SMARTS) is 1. The minimum atomic E-state index is -4.12. The van der Waals surface area contributed by atoms with Crippen LogP contribution in [0, 0.1) is 6.92 Å². The molecule has 0 radical (unpaired) electrons. The second-order valence-electron chi connectivity index (χ2n) is 3.52. The van der Waals surface area contributed by atoms with E-state index in [4.69, 9.17) is 5.11 Å². The van der Waals surface area contributed by atoms with Gasteiger partial charge in [0.05, 0.1) is 17.0 Å². The predicted octanol–water partition coefficient (Wildman–Crippen LogP) is 1.24. The third-order valence-electron chi connectivity index (χ3n) is 2.18. The van der Waals surface area contributed by atoms with E-state index >= 15 is 0 Å². The average molecular weight is 279 g/mol. The lowest BCUT2D eigenvalue weighted by Gasteiger charge is -2.08. The molecular weight excluding hydrogens is 268 g/mol. The smallest absolute Gasteiger partial charge is 0.335 e. The van der Waals surface area contributed by atoms with E-state index in [1.807, 2.05) is 0 Å². The topological polar surface area (TPSA) is 83.5 Å². The molecule has 0 bridgehead atoms. The fraction of sp³-hybridized carbons (Fsp3) is 0.300. The lowest BCUT2D eigenvalue weighted by molar-refractivity contribution is 0.0695. The van der Waals surface area contributed by atoms with Gasteiger partial charge in [0, 0.05) is 0 Å². The van der Waals surface area contributed by atoms with Gasteiger partial charge in [-0.1, -0.05) is 6.07 Å². The first kappa shape index (κ1) is 14.5. The summed E-state index contributed by atoms with van der Waals surface area (Å²) in [5.74, 6) is -1.28. The first-order valence-electron chi connectivity index (χ1n) is 4.86. The van der Waals surface area contributed by atoms with E-state index in [0.717, 1.165) is 12.1 Å². The molecule has 0 amide bonds. The summed E-state index contributed by atoms with van der Waals surface area (Å²) in [6, 6.07) is 3.40. The van der Waals surface area contributed by atoms with Crippen molar-refractivity contribution in [3.05, 3.63) is 29.3 Å². The molecule has 0 heterocycles. The van der Waals surface area contributed by atoms with Crippen LogP contribution in [-0.2, 0) is 10.0 Å². The standard InChI is InChI=1S/C10H11F2NO4S/c1-6-2-3-7(4-8(6)10(14)15)18(16,17)13-5-9(11)12/h2-4,9,13H,5H2,1H3,(H,14,15). The van der Waals surface area contributed by atoms with Gasteiger partial charge in [0.1, 0.15) is 0 Å². The van der Waals surface area contributed by atoms with E-state index < -0.39 is 29.0 Å². The van der Waals surface area contributed by atoms with Crippen LogP contribution in [-0.4, -0.2) is 32.5 Å². The number of hydrogen-bond acceptors (Lipinski definition) is 3. The molecule has 18 heavy (non-hydrogen) atoms. The summed E-state index contributed by atoms with van der Waals surface area (Å²) in [6.45, 7) is 0.491. The number of carbonyl (C=O) groups is 1. The monoisotopic (exact) mass is 279 g/mol. The first-order valence-corrected chi connectivity index (χ1v) is 6.34. The van der Waals surface area contributed by atoms with E-state index in [0.29, 0.717) is 5.56 Å². The van der Waals surface area contributed by atoms with Crippen molar-refractivity contribution in [2.45, 2.75) is 18.2 Å². The van der Waals surface area contributed by atoms with E-state index in [9.17, 15) is 22.0 Å². The maximum absolute atomic E-state index is 11.9. The molecule has 2 N–H and O–H groups in total. The SMILES string of the molecule is Cc1ccc(S(=O)(=O)NCC(F)F)cc1C(=O)O. The Labute approximate surface area is 102 Å². The Kier molecular flexibility index (Phi) is 4.36. The molecule has 0 aromatic heterocycles. The van der Waals surface area contributed by atoms with Gasteiger partial charge in [-0.2, -0.15) is 0 Å². The fourth-order valence-electron chi connectivity index (χ4n) is 1.25. The molecule has 8 heteroatoms. The number of benzene rings is 1. The maximum atomic E-state index is 11.9. The lowest BCUT2D eigenvalue weighted by Crippen LogP contribution is -2.28. The Morgan fingerprint density at radius 2 is 2.06 bits per heavy atom. The molecule has 1 rings (SSSR count). The number of rotatable bonds is 5. The quantitative estimate of drug-likeness (QED) is 0.849. The number of aryl methyl sites for hydroxylation is 1. The van der Waals surface area contributed by atoms with Crippen LogP contribution in [0.15, 0.2) is 23.1 Å². The second-order valence-corrected chi connectivity index (χ2v) is 5.29. The summed E-state index contributed by atoms with van der Waals surface area (Å²) in [6.07, 6.45) is -2.82. The van der Waals surface area contributed by atoms with Gasteiger partial charge in [0.25, 0.3) is 6.43 Å². The van der Waals surface area contributed by atoms with Gasteiger partial charge in [-0.3, -0.25) is 0 Å². The lowest BCUT2D eigenvalue weighted by atomic mass is 10.1. The van der Waals surface area contributed by atoms with Crippen LogP contribution in [0.25, 0.3) is 0 Å². The molecule has 0 aliphatic carbocycles. The number of aromatic carboxylic acids is 1. The number of sulfonamides is 1. The van der Waals surface area contributed by atoms with Crippen LogP contribution in [0.5, 0.6) is 0 Å². The number of hydrogen-bond donors (Lipinski definition) is 2. The molecule has 1 aromatic carbocycles. The zero-order chi connectivity index (χ0) is 13.9. The molecule has 1 aromatic rings. The molecular formula is C10H11F2NO4S. The third kappa shape index (κ3) is 3.47. The van der Waals surface area contributed by atoms with Gasteiger partial charge in [-0.25, -0.2) is 26.7 Å². The molecule has 100 valence electrons. The molecule has 0 saturated carbocycles. The molecule has 0 fully saturated rings. The van der Waals surface area contributed by atoms with Crippen LogP contribution >= 0.6 is 0 Å². The molecule has 0 unspecified atom stereocenters. The largest absolute Gasteiger partial charge is 0.478 e. The fourth-order valence-corrected chi connectivity index (χ4v) is 2.29. The van der Waals surface area contributed by atoms with E-state index in [1.54, 1.807) is 4.72 Å². The van der Waals surface area contributed by atoms with Gasteiger partial charge in [0.15, 0.2) is 0 Å². The van der Waals surface area contributed by atoms with Crippen molar-refractivity contribution in [2.24, 2.45) is 0 Å². The molecule has 0 aliphatic heterocycles. The van der Waals surface area contributed by atoms with Crippen molar-refractivity contribution >= 4 is 16.0 Å². The van der Waals surface area contributed by atoms with Crippen LogP contribution in [0.2, 0.25) is 0 Å². The predicted molar refractivity (Wildman–Crippen MR) is 59.3 cm³/mol. The highest BCUT2D eigenvalue weighted by atomic mass is 32.2. The average Bonchev–Trinajstić information content (AvgIpc) is 2.26. The summed E-state index contributed by atoms with van der Waals surface area (Å²) in [5, 5.41) is 8.84. The summed E-state index contributed by atoms with van der Waals surface area (Å²) in [7, 11) is -4.12. The minimum Gasteiger partial charge on any atom is -0.478 e. The Balaban J connectivity index is 3.10. The Morgan fingerprint density at radius 1 is 1.44 bits per heavy atom. The Morgan fingerprint density at radius 3 is 2.56 bits per heavy atom. The number of alkyl halides is 2. The van der Waals surface area contributed by atoms with E-state index in [2.05, 4.69) is 0 Å². The summed E-state index contributed by atoms with van der Waals surface area (Å²) in [4.78, 5) is 10.5. The highest BCUT2D eigenvalue weighted by Crippen LogP contribution is 2.15. The van der Waals surface area contributed by atoms with Crippen molar-refractivity contribution in [2.75, 3.05) is 6.54 Å².